The molecule has 1 saturated heterocycles. The van der Waals surface area contributed by atoms with E-state index in [4.69, 9.17) is 4.74 Å². The highest BCUT2D eigenvalue weighted by Gasteiger charge is 2.50. The number of carbonyl (C=O) groups excluding carboxylic acids is 2. The van der Waals surface area contributed by atoms with Crippen LogP contribution in [0.25, 0.3) is 0 Å². The monoisotopic (exact) mass is 314 g/mol. The van der Waals surface area contributed by atoms with Gasteiger partial charge in [-0.05, 0) is 24.0 Å². The molecule has 23 heavy (non-hydrogen) atoms. The zero-order valence-corrected chi connectivity index (χ0v) is 13.2. The minimum absolute atomic E-state index is 0.313. The molecule has 1 amide bonds. The summed E-state index contributed by atoms with van der Waals surface area (Å²) in [6.45, 7) is 4.05. The fourth-order valence-electron chi connectivity index (χ4n) is 3.51. The number of rotatable bonds is 5. The molecule has 1 N–H and O–H groups in total. The minimum atomic E-state index is -1.23. The molecule has 4 atom stereocenters. The van der Waals surface area contributed by atoms with Gasteiger partial charge in [0.05, 0.1) is 18.1 Å². The van der Waals surface area contributed by atoms with Crippen molar-refractivity contribution >= 4 is 17.6 Å². The van der Waals surface area contributed by atoms with Gasteiger partial charge in [-0.15, -0.1) is 0 Å². The van der Waals surface area contributed by atoms with E-state index in [0.717, 1.165) is 29.7 Å². The second-order valence-corrected chi connectivity index (χ2v) is 5.97. The van der Waals surface area contributed by atoms with E-state index in [2.05, 4.69) is 5.32 Å². The number of anilines is 1. The Morgan fingerprint density at radius 1 is 1.09 bits per heavy atom. The van der Waals surface area contributed by atoms with Crippen molar-refractivity contribution < 1.29 is 19.4 Å². The Balaban J connectivity index is 1.88. The van der Waals surface area contributed by atoms with Gasteiger partial charge in [0.25, 0.3) is 0 Å². The smallest absolute Gasteiger partial charge is 0.231 e. The van der Waals surface area contributed by atoms with E-state index in [-0.39, 0.29) is 5.91 Å². The number of amides is 1. The lowest BCUT2D eigenvalue weighted by Crippen LogP contribution is -2.45. The SMILES string of the molecule is CCc1cccc(CC)c1NC(=O)[C@H]1[C@@H](C(=O)[O-])[C@H]2C=C[C@@H]1O2. The van der Waals surface area contributed by atoms with Gasteiger partial charge >= 0.3 is 0 Å². The van der Waals surface area contributed by atoms with Gasteiger partial charge in [0.2, 0.25) is 5.91 Å². The predicted octanol–water partition coefficient (Wildman–Crippen LogP) is 1.07. The lowest BCUT2D eigenvalue weighted by Gasteiger charge is -2.26. The third kappa shape index (κ3) is 2.65. The number of hydrogen-bond donors (Lipinski definition) is 1. The molecule has 0 saturated carbocycles. The number of ether oxygens (including phenoxy) is 1. The Morgan fingerprint density at radius 3 is 2.17 bits per heavy atom. The van der Waals surface area contributed by atoms with Gasteiger partial charge in [-0.25, -0.2) is 0 Å². The van der Waals surface area contributed by atoms with Crippen molar-refractivity contribution in [3.63, 3.8) is 0 Å². The van der Waals surface area contributed by atoms with Crippen molar-refractivity contribution in [1.82, 2.24) is 0 Å². The molecule has 0 aliphatic carbocycles. The maximum absolute atomic E-state index is 12.7. The molecule has 2 bridgehead atoms. The van der Waals surface area contributed by atoms with E-state index in [1.807, 2.05) is 32.0 Å². The van der Waals surface area contributed by atoms with Gasteiger partial charge in [0.1, 0.15) is 0 Å². The fourth-order valence-corrected chi connectivity index (χ4v) is 3.51. The quantitative estimate of drug-likeness (QED) is 0.825. The summed E-state index contributed by atoms with van der Waals surface area (Å²) in [7, 11) is 0. The minimum Gasteiger partial charge on any atom is -0.550 e. The number of aryl methyl sites for hydroxylation is 2. The maximum Gasteiger partial charge on any atom is 0.231 e. The van der Waals surface area contributed by atoms with Gasteiger partial charge in [-0.1, -0.05) is 44.2 Å². The molecule has 0 unspecified atom stereocenters. The average molecular weight is 314 g/mol. The van der Waals surface area contributed by atoms with E-state index in [1.165, 1.54) is 0 Å². The molecule has 5 heteroatoms. The Bertz CT molecular complexity index is 645. The number of aliphatic carboxylic acids is 1. The highest BCUT2D eigenvalue weighted by molar-refractivity contribution is 5.97. The summed E-state index contributed by atoms with van der Waals surface area (Å²) in [6.07, 6.45) is 4.00. The molecule has 122 valence electrons. The molecule has 5 nitrogen and oxygen atoms in total. The van der Waals surface area contributed by atoms with Crippen LogP contribution in [0.15, 0.2) is 30.4 Å². The first-order valence-electron chi connectivity index (χ1n) is 8.03. The Kier molecular flexibility index (Phi) is 4.22. The van der Waals surface area contributed by atoms with Crippen molar-refractivity contribution in [1.29, 1.82) is 0 Å². The van der Waals surface area contributed by atoms with Crippen LogP contribution in [0.5, 0.6) is 0 Å². The third-order valence-electron chi connectivity index (χ3n) is 4.72. The zero-order chi connectivity index (χ0) is 16.6. The number of carboxylic acid groups (broad SMARTS) is 1. The lowest BCUT2D eigenvalue weighted by molar-refractivity contribution is -0.313. The van der Waals surface area contributed by atoms with Crippen molar-refractivity contribution in [3.05, 3.63) is 41.5 Å². The molecule has 3 rings (SSSR count). The van der Waals surface area contributed by atoms with Crippen LogP contribution in [0.2, 0.25) is 0 Å². The van der Waals surface area contributed by atoms with Gasteiger partial charge in [-0.3, -0.25) is 4.79 Å². The summed E-state index contributed by atoms with van der Waals surface area (Å²) in [5, 5.41) is 14.3. The third-order valence-corrected chi connectivity index (χ3v) is 4.72. The molecular formula is C18H20NO4-. The number of benzene rings is 1. The van der Waals surface area contributed by atoms with Crippen LogP contribution in [-0.4, -0.2) is 24.1 Å². The highest BCUT2D eigenvalue weighted by atomic mass is 16.5. The molecule has 1 aromatic rings. The standard InChI is InChI=1S/C18H21NO4/c1-3-10-6-5-7-11(4-2)16(10)19-17(20)14-12-8-9-13(23-12)15(14)18(21)22/h5-9,12-15H,3-4H2,1-2H3,(H,19,20)(H,21,22)/p-1/t12-,13+,14+,15-/m0/s1. The molecule has 1 aromatic carbocycles. The summed E-state index contributed by atoms with van der Waals surface area (Å²) in [5.74, 6) is -3.22. The fraction of sp³-hybridized carbons (Fsp3) is 0.444. The number of fused-ring (bicyclic) bond motifs is 2. The van der Waals surface area contributed by atoms with Crippen molar-refractivity contribution in [3.8, 4) is 0 Å². The summed E-state index contributed by atoms with van der Waals surface area (Å²) < 4.78 is 5.54. The van der Waals surface area contributed by atoms with E-state index < -0.39 is 30.0 Å². The summed E-state index contributed by atoms with van der Waals surface area (Å²) in [6, 6.07) is 5.92. The lowest BCUT2D eigenvalue weighted by atomic mass is 9.82. The van der Waals surface area contributed by atoms with Crippen LogP contribution in [0.4, 0.5) is 5.69 Å². The number of nitrogens with one attached hydrogen (secondary N) is 1. The van der Waals surface area contributed by atoms with Crippen LogP contribution in [0.3, 0.4) is 0 Å². The molecule has 2 aliphatic rings. The topological polar surface area (TPSA) is 78.5 Å². The molecule has 0 aromatic heterocycles. The number of carbonyl (C=O) groups is 2. The molecule has 1 fully saturated rings. The largest absolute Gasteiger partial charge is 0.550 e. The van der Waals surface area contributed by atoms with Gasteiger partial charge in [0, 0.05) is 17.6 Å². The Labute approximate surface area is 135 Å². The first kappa shape index (κ1) is 15.7. The predicted molar refractivity (Wildman–Crippen MR) is 83.6 cm³/mol. The van der Waals surface area contributed by atoms with Gasteiger partial charge in [-0.2, -0.15) is 0 Å². The summed E-state index contributed by atoms with van der Waals surface area (Å²) in [5.41, 5.74) is 2.89. The van der Waals surface area contributed by atoms with E-state index in [1.54, 1.807) is 12.2 Å². The second kappa shape index (κ2) is 6.16. The maximum atomic E-state index is 12.7. The Hall–Kier alpha value is -2.14. The summed E-state index contributed by atoms with van der Waals surface area (Å²) >= 11 is 0. The van der Waals surface area contributed by atoms with Gasteiger partial charge in [0.15, 0.2) is 0 Å². The van der Waals surface area contributed by atoms with E-state index in [0.29, 0.717) is 0 Å². The van der Waals surface area contributed by atoms with Crippen LogP contribution in [0, 0.1) is 11.8 Å². The summed E-state index contributed by atoms with van der Waals surface area (Å²) in [4.78, 5) is 24.1. The zero-order valence-electron chi connectivity index (χ0n) is 13.2. The first-order chi connectivity index (χ1) is 11.1. The highest BCUT2D eigenvalue weighted by Crippen LogP contribution is 2.39. The van der Waals surface area contributed by atoms with E-state index >= 15 is 0 Å². The van der Waals surface area contributed by atoms with Crippen LogP contribution in [-0.2, 0) is 27.2 Å². The van der Waals surface area contributed by atoms with Crippen LogP contribution in [0.1, 0.15) is 25.0 Å². The molecular weight excluding hydrogens is 294 g/mol. The van der Waals surface area contributed by atoms with Gasteiger partial charge < -0.3 is 20.0 Å². The Morgan fingerprint density at radius 2 is 1.65 bits per heavy atom. The normalized spacial score (nSPS) is 28.1. The number of para-hydroxylation sites is 1. The molecule has 2 aliphatic heterocycles. The van der Waals surface area contributed by atoms with Crippen molar-refractivity contribution in [2.45, 2.75) is 38.9 Å². The van der Waals surface area contributed by atoms with Crippen LogP contribution < -0.4 is 10.4 Å². The average Bonchev–Trinajstić information content (AvgIpc) is 3.15. The number of hydrogen-bond acceptors (Lipinski definition) is 4. The van der Waals surface area contributed by atoms with Crippen LogP contribution >= 0.6 is 0 Å². The second-order valence-electron chi connectivity index (χ2n) is 5.97. The molecule has 2 heterocycles. The first-order valence-corrected chi connectivity index (χ1v) is 8.03. The van der Waals surface area contributed by atoms with Crippen molar-refractivity contribution in [2.75, 3.05) is 5.32 Å². The van der Waals surface area contributed by atoms with E-state index in [9.17, 15) is 14.7 Å². The molecule has 0 spiro atoms. The molecule has 0 radical (unpaired) electrons. The van der Waals surface area contributed by atoms with Crippen molar-refractivity contribution in [2.24, 2.45) is 11.8 Å². The number of carboxylic acids is 1.